The Morgan fingerprint density at radius 3 is 2.76 bits per heavy atom. The molecule has 0 spiro atoms. The smallest absolute Gasteiger partial charge is 0.238 e. The van der Waals surface area contributed by atoms with Crippen LogP contribution < -0.4 is 10.1 Å². The number of nitrogens with one attached hydrogen (secondary N) is 1. The van der Waals surface area contributed by atoms with E-state index in [2.05, 4.69) is 20.5 Å². The lowest BCUT2D eigenvalue weighted by atomic mass is 10.2. The molecule has 152 valence electrons. The van der Waals surface area contributed by atoms with E-state index in [1.54, 1.807) is 14.0 Å². The number of carbonyl (C=O) groups is 1. The number of thioether (sulfide) groups is 1. The second kappa shape index (κ2) is 9.47. The number of halogens is 2. The van der Waals surface area contributed by atoms with Crippen LogP contribution in [0.4, 0.5) is 5.82 Å². The molecule has 1 atom stereocenters. The fourth-order valence-electron chi connectivity index (χ4n) is 2.63. The summed E-state index contributed by atoms with van der Waals surface area (Å²) in [6, 6.07) is 9.13. The number of benzene rings is 1. The normalized spacial score (nSPS) is 11.9. The topological polar surface area (TPSA) is 81.9 Å². The van der Waals surface area contributed by atoms with Gasteiger partial charge in [-0.3, -0.25) is 4.79 Å². The maximum Gasteiger partial charge on any atom is 0.238 e. The lowest BCUT2D eigenvalue weighted by molar-refractivity contribution is -0.115. The first-order chi connectivity index (χ1) is 13.9. The number of hydrogen-bond donors (Lipinski definition) is 1. The molecule has 0 aliphatic carbocycles. The van der Waals surface area contributed by atoms with Crippen molar-refractivity contribution >= 4 is 46.7 Å². The summed E-state index contributed by atoms with van der Waals surface area (Å²) in [5, 5.41) is 12.2. The zero-order chi connectivity index (χ0) is 21.0. The zero-order valence-electron chi connectivity index (χ0n) is 16.0. The summed E-state index contributed by atoms with van der Waals surface area (Å²) in [4.78, 5) is 16.6. The van der Waals surface area contributed by atoms with E-state index >= 15 is 0 Å². The van der Waals surface area contributed by atoms with Crippen LogP contribution in [0.15, 0.2) is 41.7 Å². The van der Waals surface area contributed by atoms with Gasteiger partial charge in [0.1, 0.15) is 5.75 Å². The number of para-hydroxylation sites is 1. The van der Waals surface area contributed by atoms with Gasteiger partial charge in [-0.1, -0.05) is 47.1 Å². The fraction of sp³-hybridized carbons (Fsp3) is 0.263. The van der Waals surface area contributed by atoms with Crippen LogP contribution in [0.2, 0.25) is 10.0 Å². The van der Waals surface area contributed by atoms with Crippen molar-refractivity contribution in [2.75, 3.05) is 12.4 Å². The van der Waals surface area contributed by atoms with Crippen LogP contribution in [-0.2, 0) is 11.3 Å². The molecule has 10 heteroatoms. The quantitative estimate of drug-likeness (QED) is 0.519. The van der Waals surface area contributed by atoms with Gasteiger partial charge in [-0.15, -0.1) is 10.2 Å². The average molecular weight is 452 g/mol. The van der Waals surface area contributed by atoms with Crippen LogP contribution in [-0.4, -0.2) is 38.0 Å². The molecule has 29 heavy (non-hydrogen) atoms. The third-order valence-corrected chi connectivity index (χ3v) is 5.66. The van der Waals surface area contributed by atoms with E-state index in [-0.39, 0.29) is 16.7 Å². The van der Waals surface area contributed by atoms with E-state index in [0.717, 1.165) is 5.56 Å². The molecule has 0 radical (unpaired) electrons. The van der Waals surface area contributed by atoms with Crippen molar-refractivity contribution in [1.29, 1.82) is 0 Å². The second-order valence-electron chi connectivity index (χ2n) is 5.98. The Morgan fingerprint density at radius 1 is 1.31 bits per heavy atom. The lowest BCUT2D eigenvalue weighted by Crippen LogP contribution is -2.23. The molecule has 1 amide bonds. The van der Waals surface area contributed by atoms with E-state index in [4.69, 9.17) is 27.9 Å². The summed E-state index contributed by atoms with van der Waals surface area (Å²) in [5.41, 5.74) is 0.838. The molecule has 0 fully saturated rings. The van der Waals surface area contributed by atoms with Gasteiger partial charge in [0, 0.05) is 12.7 Å². The fourth-order valence-corrected chi connectivity index (χ4v) is 3.97. The summed E-state index contributed by atoms with van der Waals surface area (Å²) < 4.78 is 7.38. The Bertz CT molecular complexity index is 1030. The first-order valence-electron chi connectivity index (χ1n) is 8.79. The number of anilines is 1. The highest BCUT2D eigenvalue weighted by Gasteiger charge is 2.22. The van der Waals surface area contributed by atoms with Crippen molar-refractivity contribution in [2.24, 2.45) is 0 Å². The van der Waals surface area contributed by atoms with Crippen molar-refractivity contribution in [2.45, 2.75) is 30.8 Å². The highest BCUT2D eigenvalue weighted by molar-refractivity contribution is 8.00. The molecule has 1 N–H and O–H groups in total. The number of ether oxygens (including phenoxy) is 1. The molecule has 0 saturated heterocycles. The molecule has 3 rings (SSSR count). The minimum absolute atomic E-state index is 0.254. The second-order valence-corrected chi connectivity index (χ2v) is 8.14. The highest BCUT2D eigenvalue weighted by Crippen LogP contribution is 2.32. The van der Waals surface area contributed by atoms with E-state index in [1.165, 1.54) is 24.0 Å². The molecule has 3 aromatic rings. The zero-order valence-corrected chi connectivity index (χ0v) is 18.3. The number of pyridine rings is 1. The van der Waals surface area contributed by atoms with Crippen molar-refractivity contribution in [3.8, 4) is 17.1 Å². The largest absolute Gasteiger partial charge is 0.496 e. The van der Waals surface area contributed by atoms with Gasteiger partial charge in [0.25, 0.3) is 0 Å². The van der Waals surface area contributed by atoms with E-state index in [1.807, 2.05) is 35.8 Å². The van der Waals surface area contributed by atoms with E-state index < -0.39 is 5.25 Å². The predicted molar refractivity (Wildman–Crippen MR) is 116 cm³/mol. The molecule has 2 aromatic heterocycles. The van der Waals surface area contributed by atoms with Crippen LogP contribution in [0, 0.1) is 0 Å². The number of hydrogen-bond acceptors (Lipinski definition) is 6. The summed E-state index contributed by atoms with van der Waals surface area (Å²) in [5.74, 6) is 1.40. The van der Waals surface area contributed by atoms with Crippen LogP contribution >= 0.6 is 35.0 Å². The third-order valence-electron chi connectivity index (χ3n) is 4.08. The van der Waals surface area contributed by atoms with Gasteiger partial charge in [0.2, 0.25) is 5.91 Å². The van der Waals surface area contributed by atoms with Crippen LogP contribution in [0.3, 0.4) is 0 Å². The van der Waals surface area contributed by atoms with Gasteiger partial charge in [0.15, 0.2) is 16.8 Å². The number of nitrogens with zero attached hydrogens (tertiary/aromatic N) is 4. The summed E-state index contributed by atoms with van der Waals surface area (Å²) in [6.07, 6.45) is 1.42. The van der Waals surface area contributed by atoms with Gasteiger partial charge in [-0.25, -0.2) is 4.98 Å². The Hall–Kier alpha value is -2.29. The molecule has 0 aliphatic heterocycles. The summed E-state index contributed by atoms with van der Waals surface area (Å²) in [7, 11) is 1.61. The average Bonchev–Trinajstić information content (AvgIpc) is 3.12. The van der Waals surface area contributed by atoms with Gasteiger partial charge in [0.05, 0.1) is 28.0 Å². The van der Waals surface area contributed by atoms with E-state index in [9.17, 15) is 4.79 Å². The van der Waals surface area contributed by atoms with Gasteiger partial charge >= 0.3 is 0 Å². The number of amides is 1. The summed E-state index contributed by atoms with van der Waals surface area (Å²) >= 11 is 13.2. The minimum atomic E-state index is -0.455. The number of aromatic nitrogens is 4. The molecule has 1 aromatic carbocycles. The van der Waals surface area contributed by atoms with Gasteiger partial charge in [-0.05, 0) is 32.0 Å². The molecule has 0 aliphatic rings. The Balaban J connectivity index is 1.79. The standard InChI is InChI=1S/C19H19Cl2N5O2S/c1-4-26-17(13-7-5-6-8-15(13)28-3)24-25-19(26)29-11(2)18(27)23-16-14(21)9-12(20)10-22-16/h5-11H,4H2,1-3H3,(H,22,23,27). The maximum atomic E-state index is 12.6. The first-order valence-corrected chi connectivity index (χ1v) is 10.4. The summed E-state index contributed by atoms with van der Waals surface area (Å²) in [6.45, 7) is 4.41. The Labute approximate surface area is 182 Å². The lowest BCUT2D eigenvalue weighted by Gasteiger charge is -2.13. The highest BCUT2D eigenvalue weighted by atomic mass is 35.5. The molecular formula is C19H19Cl2N5O2S. The van der Waals surface area contributed by atoms with E-state index in [0.29, 0.717) is 28.3 Å². The van der Waals surface area contributed by atoms with Crippen LogP contribution in [0.1, 0.15) is 13.8 Å². The number of methoxy groups -OCH3 is 1. The first kappa shape index (κ1) is 21.4. The van der Waals surface area contributed by atoms with Crippen molar-refractivity contribution < 1.29 is 9.53 Å². The monoisotopic (exact) mass is 451 g/mol. The molecular weight excluding hydrogens is 433 g/mol. The molecule has 0 saturated carbocycles. The van der Waals surface area contributed by atoms with Crippen LogP contribution in [0.5, 0.6) is 5.75 Å². The van der Waals surface area contributed by atoms with Gasteiger partial charge < -0.3 is 14.6 Å². The van der Waals surface area contributed by atoms with Crippen molar-refractivity contribution in [3.05, 3.63) is 46.6 Å². The SMILES string of the molecule is CCn1c(SC(C)C(=O)Nc2ncc(Cl)cc2Cl)nnc1-c1ccccc1OC. The van der Waals surface area contributed by atoms with Crippen molar-refractivity contribution in [3.63, 3.8) is 0 Å². The van der Waals surface area contributed by atoms with Crippen molar-refractivity contribution in [1.82, 2.24) is 19.7 Å². The minimum Gasteiger partial charge on any atom is -0.496 e. The number of carbonyl (C=O) groups excluding carboxylic acids is 1. The Morgan fingerprint density at radius 2 is 2.07 bits per heavy atom. The third kappa shape index (κ3) is 4.83. The molecule has 2 heterocycles. The molecule has 1 unspecified atom stereocenters. The number of rotatable bonds is 7. The molecule has 7 nitrogen and oxygen atoms in total. The van der Waals surface area contributed by atoms with Gasteiger partial charge in [-0.2, -0.15) is 0 Å². The Kier molecular flexibility index (Phi) is 7.00. The predicted octanol–water partition coefficient (Wildman–Crippen LogP) is 4.79. The maximum absolute atomic E-state index is 12.6. The van der Waals surface area contributed by atoms with Crippen LogP contribution in [0.25, 0.3) is 11.4 Å². The molecule has 0 bridgehead atoms.